The third-order valence-corrected chi connectivity index (χ3v) is 4.80. The van der Waals surface area contributed by atoms with Gasteiger partial charge in [0.1, 0.15) is 5.82 Å². The topological polar surface area (TPSA) is 97.0 Å². The Hall–Kier alpha value is -2.85. The summed E-state index contributed by atoms with van der Waals surface area (Å²) >= 11 is 0. The van der Waals surface area contributed by atoms with E-state index in [1.54, 1.807) is 14.1 Å². The molecule has 0 saturated heterocycles. The zero-order chi connectivity index (χ0) is 20.2. The fourth-order valence-electron chi connectivity index (χ4n) is 2.27. The number of para-hydroxylation sites is 1. The number of benzene rings is 2. The van der Waals surface area contributed by atoms with Crippen LogP contribution in [-0.2, 0) is 10.0 Å². The first-order chi connectivity index (χ1) is 12.7. The highest BCUT2D eigenvalue weighted by Crippen LogP contribution is 2.35. The van der Waals surface area contributed by atoms with Crippen LogP contribution < -0.4 is 19.6 Å². The van der Waals surface area contributed by atoms with E-state index in [-0.39, 0.29) is 27.6 Å². The maximum atomic E-state index is 13.8. The maximum absolute atomic E-state index is 13.8. The molecule has 1 amide bonds. The van der Waals surface area contributed by atoms with Crippen LogP contribution in [-0.4, -0.2) is 47.6 Å². The van der Waals surface area contributed by atoms with Crippen LogP contribution in [0.3, 0.4) is 0 Å². The third kappa shape index (κ3) is 4.66. The van der Waals surface area contributed by atoms with E-state index < -0.39 is 21.7 Å². The molecule has 0 radical (unpaired) electrons. The summed E-state index contributed by atoms with van der Waals surface area (Å²) in [5.41, 5.74) is 2.23. The summed E-state index contributed by atoms with van der Waals surface area (Å²) in [4.78, 5) is 12.1. The molecule has 0 unspecified atom stereocenters. The lowest BCUT2D eigenvalue weighted by molar-refractivity contribution is 0.0852. The molecular weight excluding hydrogens is 377 g/mol. The Labute approximate surface area is 156 Å². The van der Waals surface area contributed by atoms with E-state index in [1.165, 1.54) is 43.5 Å². The average molecular weight is 397 g/mol. The quantitative estimate of drug-likeness (QED) is 0.692. The number of halogens is 1. The molecule has 0 spiro atoms. The highest BCUT2D eigenvalue weighted by molar-refractivity contribution is 7.92. The molecule has 10 heteroatoms. The summed E-state index contributed by atoms with van der Waals surface area (Å²) in [6, 6.07) is 7.66. The van der Waals surface area contributed by atoms with Gasteiger partial charge in [-0.05, 0) is 18.2 Å². The Kier molecular flexibility index (Phi) is 6.24. The van der Waals surface area contributed by atoms with Gasteiger partial charge in [0, 0.05) is 20.2 Å². The monoisotopic (exact) mass is 397 g/mol. The van der Waals surface area contributed by atoms with Crippen LogP contribution in [0.15, 0.2) is 41.3 Å². The second kappa shape index (κ2) is 8.23. The standard InChI is InChI=1S/C17H20FN3O5S/c1-21(2)19-17(22)12-9-11(10-15(25-3)16(12)26-4)27(23,24)20-14-8-6-5-7-13(14)18/h5-10,20H,1-4H3,(H,19,22). The summed E-state index contributed by atoms with van der Waals surface area (Å²) in [5.74, 6) is -1.22. The number of carbonyl (C=O) groups excluding carboxylic acids is 1. The Morgan fingerprint density at radius 3 is 2.33 bits per heavy atom. The summed E-state index contributed by atoms with van der Waals surface area (Å²) in [6.07, 6.45) is 0. The molecule has 0 bridgehead atoms. The maximum Gasteiger partial charge on any atom is 0.269 e. The van der Waals surface area contributed by atoms with E-state index in [4.69, 9.17) is 9.47 Å². The number of hydrazine groups is 1. The molecule has 2 N–H and O–H groups in total. The predicted octanol–water partition coefficient (Wildman–Crippen LogP) is 1.85. The minimum atomic E-state index is -4.20. The van der Waals surface area contributed by atoms with Crippen LogP contribution in [0, 0.1) is 5.82 Å². The van der Waals surface area contributed by atoms with Crippen LogP contribution in [0.25, 0.3) is 0 Å². The van der Waals surface area contributed by atoms with Crippen molar-refractivity contribution in [2.75, 3.05) is 33.0 Å². The highest BCUT2D eigenvalue weighted by atomic mass is 32.2. The van der Waals surface area contributed by atoms with Gasteiger partial charge in [0.25, 0.3) is 15.9 Å². The van der Waals surface area contributed by atoms with Gasteiger partial charge in [-0.2, -0.15) is 0 Å². The number of amides is 1. The van der Waals surface area contributed by atoms with Crippen LogP contribution in [0.2, 0.25) is 0 Å². The number of rotatable bonds is 7. The number of hydrogen-bond donors (Lipinski definition) is 2. The van der Waals surface area contributed by atoms with Gasteiger partial charge in [0.2, 0.25) is 0 Å². The normalized spacial score (nSPS) is 11.2. The first-order valence-electron chi connectivity index (χ1n) is 7.71. The zero-order valence-electron chi connectivity index (χ0n) is 15.2. The molecule has 0 aliphatic carbocycles. The lowest BCUT2D eigenvalue weighted by atomic mass is 10.1. The molecule has 2 rings (SSSR count). The summed E-state index contributed by atoms with van der Waals surface area (Å²) < 4.78 is 51.7. The third-order valence-electron chi connectivity index (χ3n) is 3.45. The summed E-state index contributed by atoms with van der Waals surface area (Å²) in [5, 5.41) is 1.40. The number of anilines is 1. The highest BCUT2D eigenvalue weighted by Gasteiger charge is 2.25. The Balaban J connectivity index is 2.55. The van der Waals surface area contributed by atoms with Crippen molar-refractivity contribution in [3.8, 4) is 11.5 Å². The summed E-state index contributed by atoms with van der Waals surface area (Å²) in [6.45, 7) is 0. The van der Waals surface area contributed by atoms with Gasteiger partial charge in [-0.25, -0.2) is 17.8 Å². The molecule has 0 heterocycles. The van der Waals surface area contributed by atoms with Crippen molar-refractivity contribution in [1.29, 1.82) is 0 Å². The van der Waals surface area contributed by atoms with Crippen LogP contribution >= 0.6 is 0 Å². The van der Waals surface area contributed by atoms with Gasteiger partial charge < -0.3 is 9.47 Å². The van der Waals surface area contributed by atoms with Gasteiger partial charge in [0.05, 0.1) is 30.4 Å². The van der Waals surface area contributed by atoms with Crippen LogP contribution in [0.1, 0.15) is 10.4 Å². The lowest BCUT2D eigenvalue weighted by Crippen LogP contribution is -2.36. The van der Waals surface area contributed by atoms with Crippen molar-refractivity contribution in [2.24, 2.45) is 0 Å². The van der Waals surface area contributed by atoms with E-state index in [9.17, 15) is 17.6 Å². The first-order valence-corrected chi connectivity index (χ1v) is 9.19. The largest absolute Gasteiger partial charge is 0.493 e. The summed E-state index contributed by atoms with van der Waals surface area (Å²) in [7, 11) is 1.64. The number of ether oxygens (including phenoxy) is 2. The molecule has 146 valence electrons. The van der Waals surface area contributed by atoms with Crippen molar-refractivity contribution >= 4 is 21.6 Å². The van der Waals surface area contributed by atoms with Gasteiger partial charge in [-0.3, -0.25) is 14.9 Å². The van der Waals surface area contributed by atoms with Gasteiger partial charge in [-0.15, -0.1) is 0 Å². The van der Waals surface area contributed by atoms with Gasteiger partial charge in [-0.1, -0.05) is 12.1 Å². The van der Waals surface area contributed by atoms with Crippen LogP contribution in [0.5, 0.6) is 11.5 Å². The van der Waals surface area contributed by atoms with Crippen molar-refractivity contribution in [3.63, 3.8) is 0 Å². The van der Waals surface area contributed by atoms with E-state index in [2.05, 4.69) is 10.1 Å². The molecule has 2 aromatic rings. The van der Waals surface area contributed by atoms with Crippen molar-refractivity contribution in [1.82, 2.24) is 10.4 Å². The first kappa shape index (κ1) is 20.5. The average Bonchev–Trinajstić information content (AvgIpc) is 2.61. The molecular formula is C17H20FN3O5S. The second-order valence-electron chi connectivity index (χ2n) is 5.63. The molecule has 2 aromatic carbocycles. The van der Waals surface area contributed by atoms with Crippen molar-refractivity contribution in [3.05, 3.63) is 47.8 Å². The number of sulfonamides is 1. The van der Waals surface area contributed by atoms with Crippen LogP contribution in [0.4, 0.5) is 10.1 Å². The number of carbonyl (C=O) groups is 1. The Morgan fingerprint density at radius 2 is 1.78 bits per heavy atom. The number of methoxy groups -OCH3 is 2. The molecule has 0 aromatic heterocycles. The minimum absolute atomic E-state index is 0.0396. The predicted molar refractivity (Wildman–Crippen MR) is 97.9 cm³/mol. The second-order valence-corrected chi connectivity index (χ2v) is 7.31. The Bertz CT molecular complexity index is 948. The molecule has 27 heavy (non-hydrogen) atoms. The molecule has 8 nitrogen and oxygen atoms in total. The SMILES string of the molecule is COc1cc(S(=O)(=O)Nc2ccccc2F)cc(C(=O)NN(C)C)c1OC. The van der Waals surface area contributed by atoms with Crippen molar-refractivity contribution in [2.45, 2.75) is 4.90 Å². The molecule has 0 fully saturated rings. The van der Waals surface area contributed by atoms with Crippen molar-refractivity contribution < 1.29 is 27.1 Å². The fourth-order valence-corrected chi connectivity index (χ4v) is 3.38. The van der Waals surface area contributed by atoms with E-state index in [1.807, 2.05) is 0 Å². The van der Waals surface area contributed by atoms with Gasteiger partial charge >= 0.3 is 0 Å². The van der Waals surface area contributed by atoms with E-state index in [0.29, 0.717) is 0 Å². The lowest BCUT2D eigenvalue weighted by Gasteiger charge is -2.17. The number of nitrogens with zero attached hydrogens (tertiary/aromatic N) is 1. The number of hydrogen-bond acceptors (Lipinski definition) is 6. The minimum Gasteiger partial charge on any atom is -0.493 e. The molecule has 0 aliphatic rings. The number of nitrogens with one attached hydrogen (secondary N) is 2. The van der Waals surface area contributed by atoms with E-state index >= 15 is 0 Å². The van der Waals surface area contributed by atoms with Gasteiger partial charge in [0.15, 0.2) is 11.5 Å². The zero-order valence-corrected chi connectivity index (χ0v) is 16.1. The molecule has 0 atom stereocenters. The fraction of sp³-hybridized carbons (Fsp3) is 0.235. The molecule has 0 aliphatic heterocycles. The molecule has 0 saturated carbocycles. The van der Waals surface area contributed by atoms with E-state index in [0.717, 1.165) is 12.1 Å². The Morgan fingerprint density at radius 1 is 1.11 bits per heavy atom. The smallest absolute Gasteiger partial charge is 0.269 e.